The number of nitrogens with one attached hydrogen (secondary N) is 2. The normalized spacial score (nSPS) is 12.0. The highest BCUT2D eigenvalue weighted by Gasteiger charge is 2.22. The fraction of sp³-hybridized carbons (Fsp3) is 0.462. The first-order chi connectivity index (χ1) is 9.04. The van der Waals surface area contributed by atoms with Crippen molar-refractivity contribution in [2.75, 3.05) is 17.6 Å². The quantitative estimate of drug-likeness (QED) is 0.569. The van der Waals surface area contributed by atoms with E-state index in [1.807, 2.05) is 20.8 Å². The number of sulfonamides is 1. The van der Waals surface area contributed by atoms with Crippen LogP contribution in [0.15, 0.2) is 18.2 Å². The first kappa shape index (κ1) is 16.3. The van der Waals surface area contributed by atoms with Gasteiger partial charge in [-0.25, -0.2) is 8.42 Å². The van der Waals surface area contributed by atoms with E-state index >= 15 is 0 Å². The first-order valence-corrected chi connectivity index (χ1v) is 7.72. The van der Waals surface area contributed by atoms with Gasteiger partial charge in [0.25, 0.3) is 0 Å². The van der Waals surface area contributed by atoms with Gasteiger partial charge in [-0.1, -0.05) is 20.8 Å². The van der Waals surface area contributed by atoms with Crippen molar-refractivity contribution in [2.24, 2.45) is 11.1 Å². The van der Waals surface area contributed by atoms with Crippen LogP contribution >= 0.6 is 0 Å². The number of hydrogen-bond donors (Lipinski definition) is 3. The van der Waals surface area contributed by atoms with Crippen molar-refractivity contribution in [3.63, 3.8) is 0 Å². The van der Waals surface area contributed by atoms with E-state index in [0.29, 0.717) is 17.0 Å². The summed E-state index contributed by atoms with van der Waals surface area (Å²) in [7, 11) is -2.04. The molecule has 4 N–H and O–H groups in total. The van der Waals surface area contributed by atoms with Crippen molar-refractivity contribution in [2.45, 2.75) is 20.8 Å². The monoisotopic (exact) mass is 299 g/mol. The van der Waals surface area contributed by atoms with E-state index in [-0.39, 0.29) is 17.0 Å². The van der Waals surface area contributed by atoms with Crippen LogP contribution in [0.2, 0.25) is 0 Å². The molecule has 0 saturated heterocycles. The molecule has 0 aliphatic carbocycles. The molecule has 0 atom stereocenters. The van der Waals surface area contributed by atoms with E-state index in [1.54, 1.807) is 6.07 Å². The molecule has 0 heterocycles. The predicted molar refractivity (Wildman–Crippen MR) is 80.9 cm³/mol. The lowest BCUT2D eigenvalue weighted by Gasteiger charge is -2.19. The lowest BCUT2D eigenvalue weighted by Crippen LogP contribution is -2.26. The fourth-order valence-corrected chi connectivity index (χ4v) is 3.43. The van der Waals surface area contributed by atoms with Crippen LogP contribution in [0.25, 0.3) is 0 Å². The van der Waals surface area contributed by atoms with Crippen LogP contribution in [0.3, 0.4) is 0 Å². The number of ether oxygens (including phenoxy) is 1. The average molecular weight is 299 g/mol. The largest absolute Gasteiger partial charge is 0.495 e. The summed E-state index contributed by atoms with van der Waals surface area (Å²) >= 11 is 0. The Balaban J connectivity index is 3.06. The number of benzene rings is 1. The molecule has 0 spiro atoms. The molecule has 0 bridgehead atoms. The molecule has 7 heteroatoms. The smallest absolute Gasteiger partial charge is 0.233 e. The molecule has 20 heavy (non-hydrogen) atoms. The van der Waals surface area contributed by atoms with Gasteiger partial charge in [0.1, 0.15) is 11.6 Å². The van der Waals surface area contributed by atoms with Gasteiger partial charge in [-0.05, 0) is 23.6 Å². The number of methoxy groups -OCH3 is 1. The number of rotatable bonds is 5. The number of nitrogen functional groups attached to an aromatic ring is 1. The number of hydrogen-bond acceptors (Lipinski definition) is 4. The third-order valence-corrected chi connectivity index (χ3v) is 4.18. The molecular weight excluding hydrogens is 278 g/mol. The Morgan fingerprint density at radius 1 is 1.40 bits per heavy atom. The van der Waals surface area contributed by atoms with Crippen LogP contribution in [0.4, 0.5) is 5.69 Å². The van der Waals surface area contributed by atoms with E-state index in [0.717, 1.165) is 0 Å². The lowest BCUT2D eigenvalue weighted by atomic mass is 10.0. The average Bonchev–Trinajstić information content (AvgIpc) is 2.25. The Kier molecular flexibility index (Phi) is 4.65. The fourth-order valence-electron chi connectivity index (χ4n) is 1.72. The van der Waals surface area contributed by atoms with Gasteiger partial charge in [0.2, 0.25) is 10.0 Å². The highest BCUT2D eigenvalue weighted by Crippen LogP contribution is 2.27. The minimum Gasteiger partial charge on any atom is -0.495 e. The summed E-state index contributed by atoms with van der Waals surface area (Å²) in [6, 6.07) is 4.63. The van der Waals surface area contributed by atoms with Crippen LogP contribution < -0.4 is 15.2 Å². The SMILES string of the molecule is COc1cc(C(=N)N)ccc1NS(=O)(=O)CC(C)(C)C. The standard InChI is InChI=1S/C13H21N3O3S/c1-13(2,3)8-20(17,18)16-10-6-5-9(12(14)15)7-11(10)19-4/h5-7,16H,8H2,1-4H3,(H3,14,15). The maximum atomic E-state index is 12.1. The van der Waals surface area contributed by atoms with Crippen molar-refractivity contribution >= 4 is 21.5 Å². The van der Waals surface area contributed by atoms with Crippen molar-refractivity contribution in [3.8, 4) is 5.75 Å². The van der Waals surface area contributed by atoms with Crippen LogP contribution in [0.1, 0.15) is 26.3 Å². The molecule has 0 amide bonds. The lowest BCUT2D eigenvalue weighted by molar-refractivity contribution is 0.416. The van der Waals surface area contributed by atoms with Gasteiger partial charge in [-0.3, -0.25) is 10.1 Å². The van der Waals surface area contributed by atoms with Crippen LogP contribution in [0, 0.1) is 10.8 Å². The molecule has 0 aliphatic rings. The van der Waals surface area contributed by atoms with Crippen LogP contribution in [-0.2, 0) is 10.0 Å². The van der Waals surface area contributed by atoms with Crippen molar-refractivity contribution in [1.82, 2.24) is 0 Å². The second-order valence-electron chi connectivity index (χ2n) is 5.75. The molecule has 0 aromatic heterocycles. The number of amidine groups is 1. The minimum atomic E-state index is -3.47. The van der Waals surface area contributed by atoms with E-state index in [1.165, 1.54) is 19.2 Å². The van der Waals surface area contributed by atoms with Gasteiger partial charge in [-0.2, -0.15) is 0 Å². The highest BCUT2D eigenvalue weighted by atomic mass is 32.2. The summed E-state index contributed by atoms with van der Waals surface area (Å²) in [5, 5.41) is 7.36. The summed E-state index contributed by atoms with van der Waals surface area (Å²) < 4.78 is 31.8. The van der Waals surface area contributed by atoms with Gasteiger partial charge in [0, 0.05) is 5.56 Å². The highest BCUT2D eigenvalue weighted by molar-refractivity contribution is 7.92. The second-order valence-corrected chi connectivity index (χ2v) is 7.47. The van der Waals surface area contributed by atoms with Gasteiger partial charge < -0.3 is 10.5 Å². The number of nitrogens with two attached hydrogens (primary N) is 1. The Morgan fingerprint density at radius 3 is 2.45 bits per heavy atom. The van der Waals surface area contributed by atoms with E-state index < -0.39 is 10.0 Å². The zero-order chi connectivity index (χ0) is 15.6. The van der Waals surface area contributed by atoms with Crippen molar-refractivity contribution in [3.05, 3.63) is 23.8 Å². The molecule has 112 valence electrons. The summed E-state index contributed by atoms with van der Waals surface area (Å²) in [6.45, 7) is 5.55. The Morgan fingerprint density at radius 2 is 2.00 bits per heavy atom. The van der Waals surface area contributed by atoms with Crippen LogP contribution in [0.5, 0.6) is 5.75 Å². The maximum Gasteiger partial charge on any atom is 0.233 e. The molecule has 1 aromatic rings. The van der Waals surface area contributed by atoms with Gasteiger partial charge >= 0.3 is 0 Å². The Labute approximate surface area is 119 Å². The Hall–Kier alpha value is -1.76. The van der Waals surface area contributed by atoms with Crippen molar-refractivity contribution in [1.29, 1.82) is 5.41 Å². The topological polar surface area (TPSA) is 105 Å². The first-order valence-electron chi connectivity index (χ1n) is 6.07. The molecule has 0 unspecified atom stereocenters. The number of anilines is 1. The predicted octanol–water partition coefficient (Wildman–Crippen LogP) is 1.77. The Bertz CT molecular complexity index is 604. The zero-order valence-corrected chi connectivity index (χ0v) is 13.0. The molecule has 0 fully saturated rings. The molecule has 0 aliphatic heterocycles. The van der Waals surface area contributed by atoms with Crippen LogP contribution in [-0.4, -0.2) is 27.1 Å². The van der Waals surface area contributed by atoms with Gasteiger partial charge in [0.05, 0.1) is 18.6 Å². The third-order valence-electron chi connectivity index (χ3n) is 2.40. The summed E-state index contributed by atoms with van der Waals surface area (Å²) in [5.74, 6) is 0.222. The van der Waals surface area contributed by atoms with Gasteiger partial charge in [0.15, 0.2) is 0 Å². The maximum absolute atomic E-state index is 12.1. The molecule has 0 saturated carbocycles. The zero-order valence-electron chi connectivity index (χ0n) is 12.1. The summed E-state index contributed by atoms with van der Waals surface area (Å²) in [5.41, 5.74) is 5.85. The molecule has 6 nitrogen and oxygen atoms in total. The summed E-state index contributed by atoms with van der Waals surface area (Å²) in [4.78, 5) is 0. The third kappa shape index (κ3) is 4.73. The van der Waals surface area contributed by atoms with E-state index in [4.69, 9.17) is 15.9 Å². The molecule has 0 radical (unpaired) electrons. The molecular formula is C13H21N3O3S. The van der Waals surface area contributed by atoms with E-state index in [2.05, 4.69) is 4.72 Å². The molecule has 1 aromatic carbocycles. The summed E-state index contributed by atoms with van der Waals surface area (Å²) in [6.07, 6.45) is 0. The second kappa shape index (κ2) is 5.70. The molecule has 1 rings (SSSR count). The minimum absolute atomic E-state index is 0.00237. The van der Waals surface area contributed by atoms with E-state index in [9.17, 15) is 8.42 Å². The van der Waals surface area contributed by atoms with Gasteiger partial charge in [-0.15, -0.1) is 0 Å². The van der Waals surface area contributed by atoms with Crippen molar-refractivity contribution < 1.29 is 13.2 Å².